The molecule has 0 aliphatic carbocycles. The van der Waals surface area contributed by atoms with Crippen LogP contribution in [-0.4, -0.2) is 18.9 Å². The molecule has 0 unspecified atom stereocenters. The molecule has 1 aliphatic rings. The van der Waals surface area contributed by atoms with Gasteiger partial charge in [0.15, 0.2) is 0 Å². The molecule has 1 aromatic rings. The van der Waals surface area contributed by atoms with Crippen LogP contribution in [0.15, 0.2) is 23.1 Å². The lowest BCUT2D eigenvalue weighted by molar-refractivity contribution is 0.328. The van der Waals surface area contributed by atoms with E-state index in [2.05, 4.69) is 12.1 Å². The van der Waals surface area contributed by atoms with E-state index in [4.69, 9.17) is 10.5 Å². The van der Waals surface area contributed by atoms with Gasteiger partial charge in [0.25, 0.3) is 0 Å². The molecule has 0 amide bonds. The Hall–Kier alpha value is -0.670. The first-order chi connectivity index (χ1) is 6.40. The van der Waals surface area contributed by atoms with Gasteiger partial charge >= 0.3 is 0 Å². The van der Waals surface area contributed by atoms with Crippen LogP contribution in [0, 0.1) is 0 Å². The molecule has 1 heterocycles. The van der Waals surface area contributed by atoms with Crippen LogP contribution < -0.4 is 10.5 Å². The maximum atomic E-state index is 5.45. The maximum Gasteiger partial charge on any atom is 0.119 e. The summed E-state index contributed by atoms with van der Waals surface area (Å²) in [6.07, 6.45) is 1.17. The molecule has 2 N–H and O–H groups in total. The highest BCUT2D eigenvalue weighted by atomic mass is 32.2. The van der Waals surface area contributed by atoms with Crippen molar-refractivity contribution in [2.75, 3.05) is 18.9 Å². The Morgan fingerprint density at radius 1 is 1.46 bits per heavy atom. The van der Waals surface area contributed by atoms with Gasteiger partial charge in [0.2, 0.25) is 0 Å². The second-order valence-electron chi connectivity index (χ2n) is 3.01. The van der Waals surface area contributed by atoms with Gasteiger partial charge in [0, 0.05) is 17.2 Å². The molecule has 1 aromatic carbocycles. The molecule has 1 aliphatic heterocycles. The molecule has 0 bridgehead atoms. The quantitative estimate of drug-likeness (QED) is 0.797. The molecule has 0 saturated heterocycles. The van der Waals surface area contributed by atoms with Crippen molar-refractivity contribution in [1.82, 2.24) is 0 Å². The van der Waals surface area contributed by atoms with E-state index in [9.17, 15) is 0 Å². The average molecular weight is 195 g/mol. The van der Waals surface area contributed by atoms with Crippen molar-refractivity contribution in [2.24, 2.45) is 5.73 Å². The van der Waals surface area contributed by atoms with E-state index in [0.717, 1.165) is 5.75 Å². The highest BCUT2D eigenvalue weighted by Gasteiger charge is 2.11. The third-order valence-electron chi connectivity index (χ3n) is 2.05. The molecule has 0 fully saturated rings. The van der Waals surface area contributed by atoms with Gasteiger partial charge in [-0.2, -0.15) is 0 Å². The van der Waals surface area contributed by atoms with Gasteiger partial charge in [-0.3, -0.25) is 0 Å². The summed E-state index contributed by atoms with van der Waals surface area (Å²) < 4.78 is 5.45. The molecule has 13 heavy (non-hydrogen) atoms. The van der Waals surface area contributed by atoms with E-state index < -0.39 is 0 Å². The standard InChI is InChI=1S/C10H13NOS/c11-4-5-12-9-1-2-10-8(7-9)3-6-13-10/h1-2,7H,3-6,11H2. The smallest absolute Gasteiger partial charge is 0.119 e. The SMILES string of the molecule is NCCOc1ccc2c(c1)CCS2. The molecule has 0 aromatic heterocycles. The van der Waals surface area contributed by atoms with E-state index in [0.29, 0.717) is 13.2 Å². The number of hydrogen-bond acceptors (Lipinski definition) is 3. The fourth-order valence-corrected chi connectivity index (χ4v) is 2.48. The molecular formula is C10H13NOS. The van der Waals surface area contributed by atoms with Crippen LogP contribution in [-0.2, 0) is 6.42 Å². The second kappa shape index (κ2) is 4.03. The molecule has 3 heteroatoms. The van der Waals surface area contributed by atoms with Crippen molar-refractivity contribution in [2.45, 2.75) is 11.3 Å². The molecule has 0 atom stereocenters. The summed E-state index contributed by atoms with van der Waals surface area (Å²) in [6, 6.07) is 6.29. The largest absolute Gasteiger partial charge is 0.492 e. The zero-order valence-corrected chi connectivity index (χ0v) is 8.27. The number of aryl methyl sites for hydroxylation is 1. The molecular weight excluding hydrogens is 182 g/mol. The first-order valence-corrected chi connectivity index (χ1v) is 5.47. The lowest BCUT2D eigenvalue weighted by Gasteiger charge is -2.05. The maximum absolute atomic E-state index is 5.45. The Bertz CT molecular complexity index is 301. The Kier molecular flexibility index (Phi) is 2.76. The Labute approximate surface area is 82.5 Å². The minimum absolute atomic E-state index is 0.575. The number of rotatable bonds is 3. The first kappa shape index (κ1) is 8.91. The summed E-state index contributed by atoms with van der Waals surface area (Å²) in [5, 5.41) is 0. The predicted molar refractivity (Wildman–Crippen MR) is 55.4 cm³/mol. The summed E-state index contributed by atoms with van der Waals surface area (Å²) in [5.74, 6) is 2.15. The average Bonchev–Trinajstić information content (AvgIpc) is 2.61. The van der Waals surface area contributed by atoms with E-state index in [-0.39, 0.29) is 0 Å². The number of benzene rings is 1. The van der Waals surface area contributed by atoms with Gasteiger partial charge < -0.3 is 10.5 Å². The zero-order valence-electron chi connectivity index (χ0n) is 7.45. The van der Waals surface area contributed by atoms with Crippen LogP contribution in [0.25, 0.3) is 0 Å². The molecule has 0 radical (unpaired) electrons. The van der Waals surface area contributed by atoms with Crippen molar-refractivity contribution in [3.8, 4) is 5.75 Å². The number of fused-ring (bicyclic) bond motifs is 1. The summed E-state index contributed by atoms with van der Waals surface area (Å²) in [7, 11) is 0. The number of hydrogen-bond donors (Lipinski definition) is 1. The van der Waals surface area contributed by atoms with E-state index in [1.54, 1.807) is 0 Å². The summed E-state index contributed by atoms with van der Waals surface area (Å²) >= 11 is 1.92. The summed E-state index contributed by atoms with van der Waals surface area (Å²) in [5.41, 5.74) is 6.78. The van der Waals surface area contributed by atoms with Crippen LogP contribution in [0.5, 0.6) is 5.75 Å². The normalized spacial score (nSPS) is 14.2. The number of nitrogens with two attached hydrogens (primary N) is 1. The Morgan fingerprint density at radius 3 is 3.23 bits per heavy atom. The molecule has 2 nitrogen and oxygen atoms in total. The lowest BCUT2D eigenvalue weighted by Crippen LogP contribution is -2.10. The van der Waals surface area contributed by atoms with Crippen LogP contribution >= 0.6 is 11.8 Å². The summed E-state index contributed by atoms with van der Waals surface area (Å²) in [6.45, 7) is 1.18. The highest BCUT2D eigenvalue weighted by molar-refractivity contribution is 7.99. The van der Waals surface area contributed by atoms with Crippen molar-refractivity contribution < 1.29 is 4.74 Å². The third kappa shape index (κ3) is 1.98. The molecule has 2 rings (SSSR count). The molecule has 0 saturated carbocycles. The second-order valence-corrected chi connectivity index (χ2v) is 4.14. The van der Waals surface area contributed by atoms with E-state index >= 15 is 0 Å². The van der Waals surface area contributed by atoms with Crippen LogP contribution in [0.4, 0.5) is 0 Å². The van der Waals surface area contributed by atoms with Crippen LogP contribution in [0.3, 0.4) is 0 Å². The van der Waals surface area contributed by atoms with Gasteiger partial charge in [0.05, 0.1) is 0 Å². The van der Waals surface area contributed by atoms with Crippen LogP contribution in [0.1, 0.15) is 5.56 Å². The van der Waals surface area contributed by atoms with Gasteiger partial charge in [-0.25, -0.2) is 0 Å². The first-order valence-electron chi connectivity index (χ1n) is 4.49. The van der Waals surface area contributed by atoms with Crippen molar-refractivity contribution in [3.63, 3.8) is 0 Å². The van der Waals surface area contributed by atoms with Gasteiger partial charge in [-0.1, -0.05) is 0 Å². The number of thioether (sulfide) groups is 1. The fourth-order valence-electron chi connectivity index (χ4n) is 1.43. The highest BCUT2D eigenvalue weighted by Crippen LogP contribution is 2.33. The zero-order chi connectivity index (χ0) is 9.10. The Balaban J connectivity index is 2.12. The lowest BCUT2D eigenvalue weighted by atomic mass is 10.2. The minimum atomic E-state index is 0.575. The van der Waals surface area contributed by atoms with E-state index in [1.165, 1.54) is 22.6 Å². The summed E-state index contributed by atoms with van der Waals surface area (Å²) in [4.78, 5) is 1.40. The van der Waals surface area contributed by atoms with Gasteiger partial charge in [0.1, 0.15) is 12.4 Å². The van der Waals surface area contributed by atoms with Crippen LogP contribution in [0.2, 0.25) is 0 Å². The monoisotopic (exact) mass is 195 g/mol. The Morgan fingerprint density at radius 2 is 2.38 bits per heavy atom. The topological polar surface area (TPSA) is 35.2 Å². The van der Waals surface area contributed by atoms with E-state index in [1.807, 2.05) is 17.8 Å². The molecule has 0 spiro atoms. The minimum Gasteiger partial charge on any atom is -0.492 e. The molecule has 70 valence electrons. The fraction of sp³-hybridized carbons (Fsp3) is 0.400. The van der Waals surface area contributed by atoms with Crippen molar-refractivity contribution in [1.29, 1.82) is 0 Å². The number of ether oxygens (including phenoxy) is 1. The van der Waals surface area contributed by atoms with Gasteiger partial charge in [-0.15, -0.1) is 11.8 Å². The predicted octanol–water partition coefficient (Wildman–Crippen LogP) is 1.67. The third-order valence-corrected chi connectivity index (χ3v) is 3.17. The van der Waals surface area contributed by atoms with Gasteiger partial charge in [-0.05, 0) is 30.2 Å². The van der Waals surface area contributed by atoms with Crippen molar-refractivity contribution in [3.05, 3.63) is 23.8 Å². The van der Waals surface area contributed by atoms with Crippen molar-refractivity contribution >= 4 is 11.8 Å².